The smallest absolute Gasteiger partial charge is 0.254 e. The Kier molecular flexibility index (Phi) is 6.21. The molecule has 7 nitrogen and oxygen atoms in total. The Morgan fingerprint density at radius 1 is 1.03 bits per heavy atom. The molecule has 0 bridgehead atoms. The fourth-order valence-corrected chi connectivity index (χ4v) is 3.28. The molecule has 0 saturated carbocycles. The van der Waals surface area contributed by atoms with Gasteiger partial charge < -0.3 is 23.3 Å². The molecule has 0 unspecified atom stereocenters. The fraction of sp³-hybridized carbons (Fsp3) is 0.167. The second-order valence-electron chi connectivity index (χ2n) is 7.00. The first-order valence-electron chi connectivity index (χ1n) is 9.82. The molecule has 1 amide bonds. The number of ether oxygens (including phenoxy) is 2. The lowest BCUT2D eigenvalue weighted by molar-refractivity contribution is 0.0713. The van der Waals surface area contributed by atoms with Gasteiger partial charge in [0.05, 0.1) is 39.1 Å². The van der Waals surface area contributed by atoms with Crippen molar-refractivity contribution >= 4 is 5.91 Å². The summed E-state index contributed by atoms with van der Waals surface area (Å²) < 4.78 is 34.9. The maximum Gasteiger partial charge on any atom is 0.254 e. The zero-order valence-electron chi connectivity index (χ0n) is 17.6. The van der Waals surface area contributed by atoms with E-state index in [1.54, 1.807) is 61.8 Å². The van der Waals surface area contributed by atoms with Gasteiger partial charge in [-0.3, -0.25) is 4.79 Å². The highest BCUT2D eigenvalue weighted by Gasteiger charge is 2.21. The molecule has 164 valence electrons. The number of amides is 1. The van der Waals surface area contributed by atoms with E-state index < -0.39 is 5.82 Å². The van der Waals surface area contributed by atoms with Gasteiger partial charge >= 0.3 is 0 Å². The van der Waals surface area contributed by atoms with E-state index in [9.17, 15) is 9.18 Å². The summed E-state index contributed by atoms with van der Waals surface area (Å²) in [5.41, 5.74) is 1.57. The van der Waals surface area contributed by atoms with Crippen LogP contribution in [-0.2, 0) is 13.1 Å². The summed E-state index contributed by atoms with van der Waals surface area (Å²) in [5, 5.41) is 4.13. The quantitative estimate of drug-likeness (QED) is 0.390. The average Bonchev–Trinajstić information content (AvgIpc) is 3.50. The van der Waals surface area contributed by atoms with E-state index in [0.717, 1.165) is 0 Å². The van der Waals surface area contributed by atoms with E-state index >= 15 is 0 Å². The Bertz CT molecular complexity index is 1190. The third-order valence-corrected chi connectivity index (χ3v) is 4.89. The van der Waals surface area contributed by atoms with E-state index in [4.69, 9.17) is 18.4 Å². The highest BCUT2D eigenvalue weighted by Crippen LogP contribution is 2.34. The summed E-state index contributed by atoms with van der Waals surface area (Å²) in [6, 6.07) is 16.0. The van der Waals surface area contributed by atoms with Crippen LogP contribution in [0.5, 0.6) is 11.5 Å². The number of carbonyl (C=O) groups excluding carboxylic acids is 1. The van der Waals surface area contributed by atoms with Crippen LogP contribution in [0.3, 0.4) is 0 Å². The molecular weight excluding hydrogens is 415 g/mol. The first-order valence-corrected chi connectivity index (χ1v) is 9.82. The topological polar surface area (TPSA) is 77.9 Å². The third kappa shape index (κ3) is 4.64. The van der Waals surface area contributed by atoms with Crippen LogP contribution in [-0.4, -0.2) is 30.2 Å². The van der Waals surface area contributed by atoms with Gasteiger partial charge in [0.25, 0.3) is 5.91 Å². The number of rotatable bonds is 8. The number of hydrogen-bond donors (Lipinski definition) is 0. The minimum absolute atomic E-state index is 0.159. The molecule has 2 heterocycles. The van der Waals surface area contributed by atoms with Gasteiger partial charge in [-0.15, -0.1) is 0 Å². The molecule has 32 heavy (non-hydrogen) atoms. The van der Waals surface area contributed by atoms with Gasteiger partial charge in [0, 0.05) is 11.6 Å². The maximum absolute atomic E-state index is 13.3. The molecule has 2 aromatic heterocycles. The van der Waals surface area contributed by atoms with Gasteiger partial charge in [0.1, 0.15) is 28.8 Å². The van der Waals surface area contributed by atoms with Crippen LogP contribution in [0.4, 0.5) is 4.39 Å². The fourth-order valence-electron chi connectivity index (χ4n) is 3.28. The summed E-state index contributed by atoms with van der Waals surface area (Å²) in [6.07, 6.45) is 1.54. The standard InChI is InChI=1S/C24H21FN2O5/c1-29-19-9-10-22(30-2)21(13-19)23-12-18(26-32-23)14-27(15-20-4-3-11-31-20)24(28)16-5-7-17(25)8-6-16/h3-13H,14-15H2,1-2H3. The number of furan rings is 1. The Balaban J connectivity index is 1.61. The minimum Gasteiger partial charge on any atom is -0.497 e. The van der Waals surface area contributed by atoms with Gasteiger partial charge in [-0.25, -0.2) is 4.39 Å². The first-order chi connectivity index (χ1) is 15.6. The van der Waals surface area contributed by atoms with Gasteiger partial charge in [-0.05, 0) is 54.6 Å². The molecule has 4 rings (SSSR count). The zero-order chi connectivity index (χ0) is 22.5. The predicted molar refractivity (Wildman–Crippen MR) is 114 cm³/mol. The van der Waals surface area contributed by atoms with Crippen molar-refractivity contribution in [2.24, 2.45) is 0 Å². The molecule has 0 aliphatic heterocycles. The summed E-state index contributed by atoms with van der Waals surface area (Å²) in [6.45, 7) is 0.376. The van der Waals surface area contributed by atoms with Crippen molar-refractivity contribution in [2.45, 2.75) is 13.1 Å². The first kappa shape index (κ1) is 21.2. The Morgan fingerprint density at radius 3 is 2.53 bits per heavy atom. The maximum atomic E-state index is 13.3. The number of halogens is 1. The van der Waals surface area contributed by atoms with Gasteiger partial charge in [-0.1, -0.05) is 5.16 Å². The highest BCUT2D eigenvalue weighted by atomic mass is 19.1. The van der Waals surface area contributed by atoms with Crippen molar-refractivity contribution in [3.63, 3.8) is 0 Å². The number of carbonyl (C=O) groups is 1. The number of hydrogen-bond acceptors (Lipinski definition) is 6. The molecule has 0 N–H and O–H groups in total. The van der Waals surface area contributed by atoms with Crippen molar-refractivity contribution in [3.05, 3.63) is 89.8 Å². The van der Waals surface area contributed by atoms with Crippen molar-refractivity contribution in [1.29, 1.82) is 0 Å². The molecule has 0 saturated heterocycles. The van der Waals surface area contributed by atoms with Crippen LogP contribution in [0.25, 0.3) is 11.3 Å². The van der Waals surface area contributed by atoms with Gasteiger partial charge in [0.15, 0.2) is 5.76 Å². The van der Waals surface area contributed by atoms with Gasteiger partial charge in [0.2, 0.25) is 0 Å². The number of methoxy groups -OCH3 is 2. The molecule has 0 radical (unpaired) electrons. The highest BCUT2D eigenvalue weighted by molar-refractivity contribution is 5.94. The molecule has 0 atom stereocenters. The van der Waals surface area contributed by atoms with Crippen LogP contribution in [0.1, 0.15) is 21.8 Å². The lowest BCUT2D eigenvalue weighted by Crippen LogP contribution is -2.30. The second kappa shape index (κ2) is 9.38. The van der Waals surface area contributed by atoms with Gasteiger partial charge in [-0.2, -0.15) is 0 Å². The van der Waals surface area contributed by atoms with E-state index in [1.807, 2.05) is 0 Å². The summed E-state index contributed by atoms with van der Waals surface area (Å²) >= 11 is 0. The number of benzene rings is 2. The van der Waals surface area contributed by atoms with Crippen LogP contribution < -0.4 is 9.47 Å². The Morgan fingerprint density at radius 2 is 1.84 bits per heavy atom. The lowest BCUT2D eigenvalue weighted by atomic mass is 10.1. The SMILES string of the molecule is COc1ccc(OC)c(-c2cc(CN(Cc3ccco3)C(=O)c3ccc(F)cc3)no2)c1. The third-order valence-electron chi connectivity index (χ3n) is 4.89. The summed E-state index contributed by atoms with van der Waals surface area (Å²) in [7, 11) is 3.14. The molecule has 0 spiro atoms. The van der Waals surface area contributed by atoms with Crippen LogP contribution >= 0.6 is 0 Å². The van der Waals surface area contributed by atoms with Crippen molar-refractivity contribution in [3.8, 4) is 22.8 Å². The molecule has 0 fully saturated rings. The summed E-state index contributed by atoms with van der Waals surface area (Å²) in [4.78, 5) is 14.7. The van der Waals surface area contributed by atoms with Crippen LogP contribution in [0.2, 0.25) is 0 Å². The molecular formula is C24H21FN2O5. The predicted octanol–water partition coefficient (Wildman–Crippen LogP) is 4.93. The van der Waals surface area contributed by atoms with E-state index in [0.29, 0.717) is 39.8 Å². The van der Waals surface area contributed by atoms with Crippen LogP contribution in [0.15, 0.2) is 75.9 Å². The average molecular weight is 436 g/mol. The van der Waals surface area contributed by atoms with E-state index in [-0.39, 0.29) is 19.0 Å². The largest absolute Gasteiger partial charge is 0.497 e. The molecule has 4 aromatic rings. The van der Waals surface area contributed by atoms with Crippen molar-refractivity contribution < 1.29 is 27.6 Å². The number of aromatic nitrogens is 1. The summed E-state index contributed by atoms with van der Waals surface area (Å²) in [5.74, 6) is 1.63. The molecule has 2 aromatic carbocycles. The van der Waals surface area contributed by atoms with E-state index in [1.165, 1.54) is 24.3 Å². The van der Waals surface area contributed by atoms with Crippen molar-refractivity contribution in [2.75, 3.05) is 14.2 Å². The number of nitrogens with zero attached hydrogens (tertiary/aromatic N) is 2. The Hall–Kier alpha value is -4.07. The molecule has 0 aliphatic carbocycles. The van der Waals surface area contributed by atoms with Crippen LogP contribution in [0, 0.1) is 5.82 Å². The zero-order valence-corrected chi connectivity index (χ0v) is 17.6. The second-order valence-corrected chi connectivity index (χ2v) is 7.00. The minimum atomic E-state index is -0.410. The Labute approximate surface area is 184 Å². The van der Waals surface area contributed by atoms with Crippen molar-refractivity contribution in [1.82, 2.24) is 10.1 Å². The molecule has 0 aliphatic rings. The normalized spacial score (nSPS) is 10.7. The monoisotopic (exact) mass is 436 g/mol. The lowest BCUT2D eigenvalue weighted by Gasteiger charge is -2.20. The molecule has 8 heteroatoms. The van der Waals surface area contributed by atoms with E-state index in [2.05, 4.69) is 5.16 Å².